The number of hydrogen-bond acceptors (Lipinski definition) is 5. The number of nitrogens with one attached hydrogen (secondary N) is 3. The third-order valence-corrected chi connectivity index (χ3v) is 3.22. The molecule has 3 N–H and O–H groups in total. The van der Waals surface area contributed by atoms with Crippen LogP contribution in [-0.4, -0.2) is 30.9 Å². The molecule has 0 heterocycles. The number of rotatable bonds is 6. The molecule has 3 amide bonds. The summed E-state index contributed by atoms with van der Waals surface area (Å²) in [6, 6.07) is 13.4. The Morgan fingerprint density at radius 3 is 2.33 bits per heavy atom. The Kier molecular flexibility index (Phi) is 6.84. The normalized spacial score (nSPS) is 9.63. The second kappa shape index (κ2) is 9.53. The van der Waals surface area contributed by atoms with Crippen LogP contribution >= 0.6 is 0 Å². The van der Waals surface area contributed by atoms with E-state index in [4.69, 9.17) is 10.00 Å². The van der Waals surface area contributed by atoms with Crippen molar-refractivity contribution in [3.63, 3.8) is 0 Å². The monoisotopic (exact) mass is 370 g/mol. The summed E-state index contributed by atoms with van der Waals surface area (Å²) >= 11 is 0. The highest BCUT2D eigenvalue weighted by atomic mass is 19.1. The fourth-order valence-electron chi connectivity index (χ4n) is 1.90. The van der Waals surface area contributed by atoms with Crippen molar-refractivity contribution in [2.75, 3.05) is 13.2 Å². The Balaban J connectivity index is 1.68. The molecular weight excluding hydrogens is 355 g/mol. The van der Waals surface area contributed by atoms with E-state index >= 15 is 0 Å². The number of nitrogens with zero attached hydrogens (tertiary/aromatic N) is 1. The van der Waals surface area contributed by atoms with Gasteiger partial charge in [-0.05, 0) is 36.4 Å². The maximum Gasteiger partial charge on any atom is 0.276 e. The fourth-order valence-corrected chi connectivity index (χ4v) is 1.90. The zero-order valence-corrected chi connectivity index (χ0v) is 14.0. The number of benzene rings is 2. The molecule has 0 aliphatic heterocycles. The van der Waals surface area contributed by atoms with Gasteiger partial charge in [-0.15, -0.1) is 0 Å². The predicted molar refractivity (Wildman–Crippen MR) is 91.7 cm³/mol. The molecule has 0 aliphatic rings. The summed E-state index contributed by atoms with van der Waals surface area (Å²) in [5.74, 6) is -2.41. The molecule has 138 valence electrons. The summed E-state index contributed by atoms with van der Waals surface area (Å²) in [5.41, 5.74) is 4.46. The van der Waals surface area contributed by atoms with Gasteiger partial charge in [0.1, 0.15) is 11.6 Å². The molecule has 0 bridgehead atoms. The van der Waals surface area contributed by atoms with Crippen molar-refractivity contribution in [1.29, 1.82) is 5.26 Å². The number of hydrazine groups is 1. The lowest BCUT2D eigenvalue weighted by molar-refractivity contribution is -0.129. The van der Waals surface area contributed by atoms with Gasteiger partial charge in [0.05, 0.1) is 23.7 Å². The van der Waals surface area contributed by atoms with Crippen LogP contribution < -0.4 is 20.9 Å². The minimum Gasteiger partial charge on any atom is -0.484 e. The maximum atomic E-state index is 13.4. The summed E-state index contributed by atoms with van der Waals surface area (Å²) < 4.78 is 18.6. The fraction of sp³-hybridized carbons (Fsp3) is 0.111. The Hall–Kier alpha value is -3.93. The molecule has 0 spiro atoms. The van der Waals surface area contributed by atoms with E-state index in [0.717, 1.165) is 6.07 Å². The van der Waals surface area contributed by atoms with Crippen molar-refractivity contribution in [3.8, 4) is 11.8 Å². The van der Waals surface area contributed by atoms with Crippen LogP contribution in [0.4, 0.5) is 4.39 Å². The van der Waals surface area contributed by atoms with E-state index < -0.39 is 30.1 Å². The van der Waals surface area contributed by atoms with Crippen LogP contribution in [0.5, 0.6) is 5.75 Å². The zero-order valence-electron chi connectivity index (χ0n) is 14.0. The molecule has 0 radical (unpaired) electrons. The SMILES string of the molecule is N#Cc1ccc(OCC(=O)NNC(=O)CNC(=O)c2ccccc2F)cc1. The number of amides is 3. The third-order valence-electron chi connectivity index (χ3n) is 3.22. The van der Waals surface area contributed by atoms with Crippen molar-refractivity contribution in [1.82, 2.24) is 16.2 Å². The third kappa shape index (κ3) is 6.13. The number of halogens is 1. The molecule has 0 saturated carbocycles. The summed E-state index contributed by atoms with van der Waals surface area (Å²) in [6.45, 7) is -0.822. The van der Waals surface area contributed by atoms with Gasteiger partial charge in [0.25, 0.3) is 17.7 Å². The second-order valence-electron chi connectivity index (χ2n) is 5.18. The molecule has 9 heteroatoms. The molecule has 0 aromatic heterocycles. The number of hydrogen-bond donors (Lipinski definition) is 3. The van der Waals surface area contributed by atoms with Gasteiger partial charge in [-0.2, -0.15) is 5.26 Å². The first-order chi connectivity index (χ1) is 13.0. The second-order valence-corrected chi connectivity index (χ2v) is 5.18. The first-order valence-corrected chi connectivity index (χ1v) is 7.73. The molecule has 0 fully saturated rings. The molecule has 0 unspecified atom stereocenters. The van der Waals surface area contributed by atoms with Crippen LogP contribution in [0.2, 0.25) is 0 Å². The first-order valence-electron chi connectivity index (χ1n) is 7.73. The average molecular weight is 370 g/mol. The van der Waals surface area contributed by atoms with Crippen LogP contribution in [0, 0.1) is 17.1 Å². The van der Waals surface area contributed by atoms with Crippen molar-refractivity contribution in [3.05, 3.63) is 65.5 Å². The van der Waals surface area contributed by atoms with Crippen LogP contribution in [0.3, 0.4) is 0 Å². The Morgan fingerprint density at radius 2 is 1.67 bits per heavy atom. The summed E-state index contributed by atoms with van der Waals surface area (Å²) in [4.78, 5) is 35.0. The van der Waals surface area contributed by atoms with Crippen molar-refractivity contribution in [2.45, 2.75) is 0 Å². The highest BCUT2D eigenvalue weighted by Crippen LogP contribution is 2.11. The molecule has 27 heavy (non-hydrogen) atoms. The van der Waals surface area contributed by atoms with Crippen molar-refractivity contribution in [2.24, 2.45) is 0 Å². The smallest absolute Gasteiger partial charge is 0.276 e. The van der Waals surface area contributed by atoms with Crippen LogP contribution in [0.25, 0.3) is 0 Å². The van der Waals surface area contributed by atoms with Gasteiger partial charge in [-0.3, -0.25) is 25.2 Å². The number of ether oxygens (including phenoxy) is 1. The lowest BCUT2D eigenvalue weighted by Gasteiger charge is -2.09. The van der Waals surface area contributed by atoms with E-state index in [9.17, 15) is 18.8 Å². The molecule has 0 aliphatic carbocycles. The van der Waals surface area contributed by atoms with Crippen molar-refractivity contribution < 1.29 is 23.5 Å². The van der Waals surface area contributed by atoms with E-state index in [1.807, 2.05) is 6.07 Å². The lowest BCUT2D eigenvalue weighted by atomic mass is 10.2. The predicted octanol–water partition coefficient (Wildman–Crippen LogP) is 0.654. The summed E-state index contributed by atoms with van der Waals surface area (Å²) in [6.07, 6.45) is 0. The average Bonchev–Trinajstić information content (AvgIpc) is 2.69. The molecule has 0 saturated heterocycles. The largest absolute Gasteiger partial charge is 0.484 e. The van der Waals surface area contributed by atoms with Crippen LogP contribution in [0.15, 0.2) is 48.5 Å². The van der Waals surface area contributed by atoms with E-state index in [-0.39, 0.29) is 12.2 Å². The highest BCUT2D eigenvalue weighted by Gasteiger charge is 2.12. The number of carbonyl (C=O) groups is 3. The minimum absolute atomic E-state index is 0.190. The number of nitriles is 1. The Labute approximate surface area is 153 Å². The molecule has 0 atom stereocenters. The molecule has 8 nitrogen and oxygen atoms in total. The molecule has 2 aromatic carbocycles. The van der Waals surface area contributed by atoms with Gasteiger partial charge in [0.2, 0.25) is 0 Å². The van der Waals surface area contributed by atoms with E-state index in [2.05, 4.69) is 16.2 Å². The highest BCUT2D eigenvalue weighted by molar-refractivity contribution is 5.96. The maximum absolute atomic E-state index is 13.4. The van der Waals surface area contributed by atoms with E-state index in [1.165, 1.54) is 42.5 Å². The van der Waals surface area contributed by atoms with Crippen LogP contribution in [-0.2, 0) is 9.59 Å². The zero-order chi connectivity index (χ0) is 19.6. The van der Waals surface area contributed by atoms with Crippen molar-refractivity contribution >= 4 is 17.7 Å². The number of carbonyl (C=O) groups excluding carboxylic acids is 3. The summed E-state index contributed by atoms with van der Waals surface area (Å²) in [7, 11) is 0. The molecular formula is C18H15FN4O4. The van der Waals surface area contributed by atoms with Gasteiger partial charge in [-0.25, -0.2) is 4.39 Å². The minimum atomic E-state index is -0.751. The Morgan fingerprint density at radius 1 is 1.00 bits per heavy atom. The quantitative estimate of drug-likeness (QED) is 0.645. The van der Waals surface area contributed by atoms with Crippen LogP contribution in [0.1, 0.15) is 15.9 Å². The lowest BCUT2D eigenvalue weighted by Crippen LogP contribution is -2.47. The summed E-state index contributed by atoms with van der Waals surface area (Å²) in [5, 5.41) is 10.9. The van der Waals surface area contributed by atoms with Gasteiger partial charge in [0.15, 0.2) is 6.61 Å². The Bertz CT molecular complexity index is 878. The van der Waals surface area contributed by atoms with E-state index in [1.54, 1.807) is 0 Å². The molecule has 2 rings (SSSR count). The van der Waals surface area contributed by atoms with Gasteiger partial charge in [-0.1, -0.05) is 12.1 Å². The molecule has 2 aromatic rings. The van der Waals surface area contributed by atoms with Gasteiger partial charge >= 0.3 is 0 Å². The van der Waals surface area contributed by atoms with Gasteiger partial charge in [0, 0.05) is 0 Å². The van der Waals surface area contributed by atoms with E-state index in [0.29, 0.717) is 11.3 Å². The standard InChI is InChI=1S/C18H15FN4O4/c19-15-4-2-1-3-14(15)18(26)21-10-16(24)22-23-17(25)11-27-13-7-5-12(9-20)6-8-13/h1-8H,10-11H2,(H,21,26)(H,22,24)(H,23,25). The first kappa shape index (κ1) is 19.4. The topological polar surface area (TPSA) is 120 Å². The van der Waals surface area contributed by atoms with Gasteiger partial charge < -0.3 is 10.1 Å².